The van der Waals surface area contributed by atoms with E-state index >= 15 is 0 Å². The van der Waals surface area contributed by atoms with Gasteiger partial charge in [0.15, 0.2) is 11.0 Å². The van der Waals surface area contributed by atoms with Gasteiger partial charge in [0.1, 0.15) is 0 Å². The number of amides is 1. The van der Waals surface area contributed by atoms with Crippen molar-refractivity contribution in [1.82, 2.24) is 19.7 Å². The molecular formula is C17H24N4O2S. The second-order valence-corrected chi connectivity index (χ2v) is 7.12. The normalized spacial score (nSPS) is 12.2. The molecule has 1 aromatic heterocycles. The van der Waals surface area contributed by atoms with Crippen LogP contribution in [0.15, 0.2) is 29.4 Å². The number of carbonyl (C=O) groups is 1. The third kappa shape index (κ3) is 4.36. The van der Waals surface area contributed by atoms with Crippen molar-refractivity contribution >= 4 is 17.7 Å². The van der Waals surface area contributed by atoms with Gasteiger partial charge >= 0.3 is 0 Å². The zero-order chi connectivity index (χ0) is 17.7. The number of hydrogen-bond acceptors (Lipinski definition) is 5. The summed E-state index contributed by atoms with van der Waals surface area (Å²) in [5.41, 5.74) is 2.18. The van der Waals surface area contributed by atoms with Crippen LogP contribution in [0.4, 0.5) is 0 Å². The summed E-state index contributed by atoms with van der Waals surface area (Å²) >= 11 is 1.42. The zero-order valence-corrected chi connectivity index (χ0v) is 15.6. The Kier molecular flexibility index (Phi) is 6.39. The molecular weight excluding hydrogens is 324 g/mol. The van der Waals surface area contributed by atoms with Gasteiger partial charge in [0.25, 0.3) is 0 Å². The molecule has 0 bridgehead atoms. The van der Waals surface area contributed by atoms with Crippen LogP contribution in [0.1, 0.15) is 12.5 Å². The zero-order valence-electron chi connectivity index (χ0n) is 14.8. The molecule has 0 aliphatic heterocycles. The Labute approximate surface area is 147 Å². The highest BCUT2D eigenvalue weighted by Gasteiger charge is 2.21. The molecule has 1 aromatic carbocycles. The van der Waals surface area contributed by atoms with E-state index < -0.39 is 0 Å². The van der Waals surface area contributed by atoms with Crippen molar-refractivity contribution in [2.75, 3.05) is 27.8 Å². The number of aromatic nitrogens is 3. The number of nitrogens with zero attached hydrogens (tertiary/aromatic N) is 4. The lowest BCUT2D eigenvalue weighted by Crippen LogP contribution is -2.29. The van der Waals surface area contributed by atoms with Gasteiger partial charge < -0.3 is 9.64 Å². The first-order valence-corrected chi connectivity index (χ1v) is 8.69. The molecule has 1 heterocycles. The molecule has 2 aromatic rings. The maximum absolute atomic E-state index is 12.1. The van der Waals surface area contributed by atoms with Crippen molar-refractivity contribution in [3.8, 4) is 11.4 Å². The lowest BCUT2D eigenvalue weighted by atomic mass is 10.1. The average molecular weight is 348 g/mol. The predicted octanol–water partition coefficient (Wildman–Crippen LogP) is 2.47. The summed E-state index contributed by atoms with van der Waals surface area (Å²) in [5, 5.41) is 9.16. The summed E-state index contributed by atoms with van der Waals surface area (Å²) in [5.74, 6) is 0.848. The molecule has 0 saturated carbocycles. The molecule has 1 amide bonds. The molecule has 0 unspecified atom stereocenters. The largest absolute Gasteiger partial charge is 0.383 e. The van der Waals surface area contributed by atoms with Crippen LogP contribution in [-0.2, 0) is 16.1 Å². The number of hydrogen-bond donors (Lipinski definition) is 0. The van der Waals surface area contributed by atoms with Gasteiger partial charge in [-0.3, -0.25) is 9.36 Å². The second-order valence-electron chi connectivity index (χ2n) is 5.81. The molecule has 0 spiro atoms. The fourth-order valence-corrected chi connectivity index (χ4v) is 3.35. The smallest absolute Gasteiger partial charge is 0.235 e. The maximum atomic E-state index is 12.1. The number of methoxy groups -OCH3 is 1. The van der Waals surface area contributed by atoms with Crippen molar-refractivity contribution in [3.05, 3.63) is 29.8 Å². The minimum Gasteiger partial charge on any atom is -0.383 e. The van der Waals surface area contributed by atoms with E-state index in [2.05, 4.69) is 16.3 Å². The van der Waals surface area contributed by atoms with E-state index in [1.807, 2.05) is 36.6 Å². The Morgan fingerprint density at radius 3 is 2.75 bits per heavy atom. The van der Waals surface area contributed by atoms with Gasteiger partial charge in [-0.15, -0.1) is 10.2 Å². The van der Waals surface area contributed by atoms with Crippen LogP contribution in [0, 0.1) is 6.92 Å². The summed E-state index contributed by atoms with van der Waals surface area (Å²) in [6, 6.07) is 8.15. The summed E-state index contributed by atoms with van der Waals surface area (Å²) in [7, 11) is 5.18. The molecule has 24 heavy (non-hydrogen) atoms. The van der Waals surface area contributed by atoms with Crippen LogP contribution in [0.3, 0.4) is 0 Å². The number of rotatable bonds is 7. The number of thioether (sulfide) groups is 1. The molecule has 0 N–H and O–H groups in total. The van der Waals surface area contributed by atoms with Gasteiger partial charge in [-0.05, 0) is 19.9 Å². The average Bonchev–Trinajstić information content (AvgIpc) is 2.94. The number of benzene rings is 1. The van der Waals surface area contributed by atoms with E-state index in [-0.39, 0.29) is 11.2 Å². The van der Waals surface area contributed by atoms with E-state index in [1.54, 1.807) is 26.1 Å². The highest BCUT2D eigenvalue weighted by molar-refractivity contribution is 8.00. The Morgan fingerprint density at radius 1 is 1.38 bits per heavy atom. The van der Waals surface area contributed by atoms with E-state index in [0.29, 0.717) is 13.2 Å². The molecule has 7 heteroatoms. The number of ether oxygens (including phenoxy) is 1. The minimum atomic E-state index is -0.226. The highest BCUT2D eigenvalue weighted by Crippen LogP contribution is 2.27. The first-order chi connectivity index (χ1) is 11.4. The molecule has 130 valence electrons. The first-order valence-electron chi connectivity index (χ1n) is 7.81. The Bertz CT molecular complexity index is 700. The van der Waals surface area contributed by atoms with Crippen LogP contribution in [0.25, 0.3) is 11.4 Å². The Balaban J connectivity index is 2.33. The Morgan fingerprint density at radius 2 is 2.12 bits per heavy atom. The van der Waals surface area contributed by atoms with Crippen molar-refractivity contribution in [2.24, 2.45) is 0 Å². The molecule has 2 rings (SSSR count). The fraction of sp³-hybridized carbons (Fsp3) is 0.471. The standard InChI is InChI=1S/C17H24N4O2S/c1-12-7-6-8-14(11-12)15-18-19-17(21(15)9-10-23-5)24-13(2)16(22)20(3)4/h6-8,11,13H,9-10H2,1-5H3/t13-/m1/s1. The van der Waals surface area contributed by atoms with Gasteiger partial charge in [-0.25, -0.2) is 0 Å². The van der Waals surface area contributed by atoms with Gasteiger partial charge in [-0.2, -0.15) is 0 Å². The molecule has 0 radical (unpaired) electrons. The number of carbonyl (C=O) groups excluding carboxylic acids is 1. The van der Waals surface area contributed by atoms with Crippen LogP contribution < -0.4 is 0 Å². The fourth-order valence-electron chi connectivity index (χ4n) is 2.33. The first kappa shape index (κ1) is 18.5. The quantitative estimate of drug-likeness (QED) is 0.720. The Hall–Kier alpha value is -1.86. The van der Waals surface area contributed by atoms with Crippen LogP contribution in [-0.4, -0.2) is 58.6 Å². The molecule has 0 aliphatic carbocycles. The third-order valence-corrected chi connectivity index (χ3v) is 4.65. The van der Waals surface area contributed by atoms with Gasteiger partial charge in [0.05, 0.1) is 18.4 Å². The summed E-state index contributed by atoms with van der Waals surface area (Å²) in [6.07, 6.45) is 0. The SMILES string of the molecule is COCCn1c(S[C@H](C)C(=O)N(C)C)nnc1-c1cccc(C)c1. The highest BCUT2D eigenvalue weighted by atomic mass is 32.2. The van der Waals surface area contributed by atoms with Crippen molar-refractivity contribution in [3.63, 3.8) is 0 Å². The third-order valence-electron chi connectivity index (χ3n) is 3.58. The lowest BCUT2D eigenvalue weighted by Gasteiger charge is -2.16. The minimum absolute atomic E-state index is 0.0541. The number of aryl methyl sites for hydroxylation is 1. The summed E-state index contributed by atoms with van der Waals surface area (Å²) < 4.78 is 7.23. The van der Waals surface area contributed by atoms with Crippen LogP contribution in [0.5, 0.6) is 0 Å². The van der Waals surface area contributed by atoms with Gasteiger partial charge in [0, 0.05) is 26.8 Å². The van der Waals surface area contributed by atoms with Gasteiger partial charge in [-0.1, -0.05) is 35.5 Å². The molecule has 1 atom stereocenters. The van der Waals surface area contributed by atoms with Crippen molar-refractivity contribution in [1.29, 1.82) is 0 Å². The topological polar surface area (TPSA) is 60.2 Å². The molecule has 6 nitrogen and oxygen atoms in total. The van der Waals surface area contributed by atoms with Gasteiger partial charge in [0.2, 0.25) is 5.91 Å². The van der Waals surface area contributed by atoms with Crippen molar-refractivity contribution < 1.29 is 9.53 Å². The maximum Gasteiger partial charge on any atom is 0.235 e. The summed E-state index contributed by atoms with van der Waals surface area (Å²) in [4.78, 5) is 13.7. The van der Waals surface area contributed by atoms with E-state index in [1.165, 1.54) is 17.3 Å². The monoisotopic (exact) mass is 348 g/mol. The summed E-state index contributed by atoms with van der Waals surface area (Å²) in [6.45, 7) is 5.12. The lowest BCUT2D eigenvalue weighted by molar-refractivity contribution is -0.127. The predicted molar refractivity (Wildman–Crippen MR) is 96.1 cm³/mol. The van der Waals surface area contributed by atoms with E-state index in [4.69, 9.17) is 4.74 Å². The molecule has 0 saturated heterocycles. The van der Waals surface area contributed by atoms with Crippen LogP contribution in [0.2, 0.25) is 0 Å². The van der Waals surface area contributed by atoms with E-state index in [0.717, 1.165) is 16.5 Å². The second kappa shape index (κ2) is 8.30. The van der Waals surface area contributed by atoms with Crippen LogP contribution >= 0.6 is 11.8 Å². The molecule has 0 fully saturated rings. The van der Waals surface area contributed by atoms with Crippen molar-refractivity contribution in [2.45, 2.75) is 30.8 Å². The van der Waals surface area contributed by atoms with E-state index in [9.17, 15) is 4.79 Å². The molecule has 0 aliphatic rings.